The van der Waals surface area contributed by atoms with Crippen molar-refractivity contribution in [3.8, 4) is 0 Å². The van der Waals surface area contributed by atoms with E-state index in [2.05, 4.69) is 5.16 Å². The topological polar surface area (TPSA) is 67.8 Å². The number of nitrogens with zero attached hydrogens (tertiary/aromatic N) is 1. The first kappa shape index (κ1) is 14.0. The molecular formula is C8H15F3N2O2. The molecule has 0 aromatic rings. The zero-order chi connectivity index (χ0) is 12.1. The Hall–Kier alpha value is -0.980. The van der Waals surface area contributed by atoms with E-state index < -0.39 is 24.5 Å². The second kappa shape index (κ2) is 5.79. The smallest absolute Gasteiger partial charge is 0.401 e. The predicted molar refractivity (Wildman–Crippen MR) is 48.6 cm³/mol. The van der Waals surface area contributed by atoms with Gasteiger partial charge in [-0.25, -0.2) is 0 Å². The van der Waals surface area contributed by atoms with Crippen LogP contribution in [0.4, 0.5) is 13.2 Å². The van der Waals surface area contributed by atoms with Crippen molar-refractivity contribution in [2.45, 2.75) is 20.0 Å². The van der Waals surface area contributed by atoms with Gasteiger partial charge in [-0.3, -0.25) is 0 Å². The van der Waals surface area contributed by atoms with Crippen LogP contribution in [0, 0.1) is 11.8 Å². The lowest BCUT2D eigenvalue weighted by atomic mass is 10.1. The number of rotatable bonds is 5. The molecule has 0 aliphatic heterocycles. The number of amidine groups is 1. The molecule has 3 N–H and O–H groups in total. The molecule has 0 heterocycles. The molecule has 1 unspecified atom stereocenters. The van der Waals surface area contributed by atoms with Gasteiger partial charge in [0.2, 0.25) is 0 Å². The molecule has 90 valence electrons. The first-order valence-electron chi connectivity index (χ1n) is 4.41. The molecule has 7 heteroatoms. The second-order valence-electron chi connectivity index (χ2n) is 3.55. The molecule has 0 aliphatic carbocycles. The van der Waals surface area contributed by atoms with E-state index in [0.717, 1.165) is 0 Å². The van der Waals surface area contributed by atoms with Crippen molar-refractivity contribution in [2.24, 2.45) is 22.7 Å². The third kappa shape index (κ3) is 5.46. The summed E-state index contributed by atoms with van der Waals surface area (Å²) < 4.78 is 41.8. The summed E-state index contributed by atoms with van der Waals surface area (Å²) in [5.41, 5.74) is 4.92. The SMILES string of the molecule is CC(C)COCC(C(N)=NO)C(F)(F)F. The Balaban J connectivity index is 4.28. The maximum Gasteiger partial charge on any atom is 0.401 e. The average molecular weight is 228 g/mol. The number of oxime groups is 1. The minimum absolute atomic E-state index is 0.131. The molecule has 4 nitrogen and oxygen atoms in total. The molecule has 0 aliphatic rings. The Bertz CT molecular complexity index is 216. The first-order chi connectivity index (χ1) is 6.79. The first-order valence-corrected chi connectivity index (χ1v) is 4.41. The van der Waals surface area contributed by atoms with Crippen LogP contribution in [0.25, 0.3) is 0 Å². The van der Waals surface area contributed by atoms with Crippen LogP contribution in [-0.2, 0) is 4.74 Å². The summed E-state index contributed by atoms with van der Waals surface area (Å²) >= 11 is 0. The second-order valence-corrected chi connectivity index (χ2v) is 3.55. The van der Waals surface area contributed by atoms with Gasteiger partial charge in [0.25, 0.3) is 0 Å². The largest absolute Gasteiger partial charge is 0.409 e. The number of nitrogens with two attached hydrogens (primary N) is 1. The Kier molecular flexibility index (Phi) is 5.41. The summed E-state index contributed by atoms with van der Waals surface area (Å²) in [4.78, 5) is 0. The summed E-state index contributed by atoms with van der Waals surface area (Å²) in [5, 5.41) is 10.5. The van der Waals surface area contributed by atoms with Crippen LogP contribution in [0.3, 0.4) is 0 Å². The molecule has 0 rings (SSSR count). The number of alkyl halides is 3. The van der Waals surface area contributed by atoms with E-state index in [1.165, 1.54) is 0 Å². The van der Waals surface area contributed by atoms with Crippen molar-refractivity contribution in [1.29, 1.82) is 0 Å². The molecule has 0 fully saturated rings. The van der Waals surface area contributed by atoms with Gasteiger partial charge in [0.1, 0.15) is 5.92 Å². The van der Waals surface area contributed by atoms with E-state index in [-0.39, 0.29) is 12.5 Å². The van der Waals surface area contributed by atoms with E-state index in [0.29, 0.717) is 0 Å². The third-order valence-corrected chi connectivity index (χ3v) is 1.60. The zero-order valence-corrected chi connectivity index (χ0v) is 8.58. The van der Waals surface area contributed by atoms with Crippen molar-refractivity contribution >= 4 is 5.84 Å². The molecule has 0 bridgehead atoms. The Morgan fingerprint density at radius 1 is 1.40 bits per heavy atom. The number of ether oxygens (including phenoxy) is 1. The Morgan fingerprint density at radius 2 is 1.93 bits per heavy atom. The summed E-state index contributed by atoms with van der Waals surface area (Å²) in [6.07, 6.45) is -4.56. The normalized spacial score (nSPS) is 15.7. The minimum atomic E-state index is -4.56. The fourth-order valence-corrected chi connectivity index (χ4v) is 0.839. The number of halogens is 3. The molecule has 1 atom stereocenters. The highest BCUT2D eigenvalue weighted by Crippen LogP contribution is 2.26. The van der Waals surface area contributed by atoms with Crippen molar-refractivity contribution in [3.63, 3.8) is 0 Å². The molecule has 0 spiro atoms. The van der Waals surface area contributed by atoms with E-state index >= 15 is 0 Å². The Morgan fingerprint density at radius 3 is 2.27 bits per heavy atom. The Labute approximate surface area is 85.9 Å². The highest BCUT2D eigenvalue weighted by Gasteiger charge is 2.43. The molecule has 0 aromatic carbocycles. The van der Waals surface area contributed by atoms with Gasteiger partial charge < -0.3 is 15.7 Å². The van der Waals surface area contributed by atoms with Gasteiger partial charge >= 0.3 is 6.18 Å². The lowest BCUT2D eigenvalue weighted by molar-refractivity contribution is -0.169. The number of hydrogen-bond acceptors (Lipinski definition) is 3. The van der Waals surface area contributed by atoms with E-state index in [9.17, 15) is 13.2 Å². The molecule has 0 saturated carbocycles. The summed E-state index contributed by atoms with van der Waals surface area (Å²) in [7, 11) is 0. The lowest BCUT2D eigenvalue weighted by Gasteiger charge is -2.19. The van der Waals surface area contributed by atoms with Crippen molar-refractivity contribution < 1.29 is 23.1 Å². The van der Waals surface area contributed by atoms with Gasteiger partial charge in [-0.1, -0.05) is 19.0 Å². The van der Waals surface area contributed by atoms with Crippen molar-refractivity contribution in [1.82, 2.24) is 0 Å². The van der Waals surface area contributed by atoms with E-state index in [1.54, 1.807) is 0 Å². The minimum Gasteiger partial charge on any atom is -0.409 e. The highest BCUT2D eigenvalue weighted by molar-refractivity contribution is 5.83. The van der Waals surface area contributed by atoms with Crippen LogP contribution in [-0.4, -0.2) is 30.4 Å². The highest BCUT2D eigenvalue weighted by atomic mass is 19.4. The van der Waals surface area contributed by atoms with E-state index in [4.69, 9.17) is 15.7 Å². The fourth-order valence-electron chi connectivity index (χ4n) is 0.839. The summed E-state index contributed by atoms with van der Waals surface area (Å²) in [6.45, 7) is 3.20. The molecule has 0 amide bonds. The van der Waals surface area contributed by atoms with Crippen LogP contribution >= 0.6 is 0 Å². The van der Waals surface area contributed by atoms with Gasteiger partial charge in [-0.15, -0.1) is 0 Å². The van der Waals surface area contributed by atoms with Gasteiger partial charge in [-0.2, -0.15) is 13.2 Å². The molecule has 0 saturated heterocycles. The van der Waals surface area contributed by atoms with Crippen LogP contribution < -0.4 is 5.73 Å². The maximum atomic E-state index is 12.3. The van der Waals surface area contributed by atoms with Gasteiger partial charge in [0, 0.05) is 6.61 Å². The van der Waals surface area contributed by atoms with Crippen LogP contribution in [0.5, 0.6) is 0 Å². The van der Waals surface area contributed by atoms with E-state index in [1.807, 2.05) is 13.8 Å². The predicted octanol–water partition coefficient (Wildman–Crippen LogP) is 1.58. The summed E-state index contributed by atoms with van der Waals surface area (Å²) in [6, 6.07) is 0. The average Bonchev–Trinajstić information content (AvgIpc) is 2.09. The molecular weight excluding hydrogens is 213 g/mol. The summed E-state index contributed by atoms with van der Waals surface area (Å²) in [5.74, 6) is -2.81. The van der Waals surface area contributed by atoms with Crippen LogP contribution in [0.15, 0.2) is 5.16 Å². The molecule has 15 heavy (non-hydrogen) atoms. The standard InChI is InChI=1S/C8H15F3N2O2/c1-5(2)3-15-4-6(7(12)13-14)8(9,10)11/h5-6,14H,3-4H2,1-2H3,(H2,12,13). The number of hydrogen-bond donors (Lipinski definition) is 2. The van der Waals surface area contributed by atoms with Crippen LogP contribution in [0.2, 0.25) is 0 Å². The lowest BCUT2D eigenvalue weighted by Crippen LogP contribution is -2.39. The fraction of sp³-hybridized carbons (Fsp3) is 0.875. The zero-order valence-electron chi connectivity index (χ0n) is 8.58. The van der Waals surface area contributed by atoms with Crippen LogP contribution in [0.1, 0.15) is 13.8 Å². The van der Waals surface area contributed by atoms with Crippen molar-refractivity contribution in [3.05, 3.63) is 0 Å². The quantitative estimate of drug-likeness (QED) is 0.325. The monoisotopic (exact) mass is 228 g/mol. The van der Waals surface area contributed by atoms with Crippen molar-refractivity contribution in [2.75, 3.05) is 13.2 Å². The third-order valence-electron chi connectivity index (χ3n) is 1.60. The van der Waals surface area contributed by atoms with Gasteiger partial charge in [-0.05, 0) is 5.92 Å². The van der Waals surface area contributed by atoms with Gasteiger partial charge in [0.15, 0.2) is 5.84 Å². The maximum absolute atomic E-state index is 12.3. The molecule has 0 radical (unpaired) electrons. The molecule has 0 aromatic heterocycles. The van der Waals surface area contributed by atoms with Gasteiger partial charge in [0.05, 0.1) is 6.61 Å².